The lowest BCUT2D eigenvalue weighted by Gasteiger charge is -2.27. The van der Waals surface area contributed by atoms with Crippen LogP contribution < -0.4 is 15.3 Å². The van der Waals surface area contributed by atoms with Gasteiger partial charge in [0.05, 0.1) is 19.1 Å². The zero-order valence-electron chi connectivity index (χ0n) is 21.5. The number of nitrogens with one attached hydrogen (secondary N) is 1. The molecule has 3 heterocycles. The van der Waals surface area contributed by atoms with Gasteiger partial charge in [-0.1, -0.05) is 38.0 Å². The van der Waals surface area contributed by atoms with E-state index in [4.69, 9.17) is 30.7 Å². The highest BCUT2D eigenvalue weighted by Crippen LogP contribution is 2.47. The summed E-state index contributed by atoms with van der Waals surface area (Å²) in [5.74, 6) is 1.57. The smallest absolute Gasteiger partial charge is 0.459 e. The molecule has 1 aliphatic rings. The molecule has 1 aromatic carbocycles. The predicted molar refractivity (Wildman–Crippen MR) is 140 cm³/mol. The Morgan fingerprint density at radius 2 is 2.05 bits per heavy atom. The van der Waals surface area contributed by atoms with Crippen molar-refractivity contribution in [2.75, 3.05) is 19.5 Å². The van der Waals surface area contributed by atoms with Crippen LogP contribution in [0.3, 0.4) is 0 Å². The van der Waals surface area contributed by atoms with Crippen LogP contribution in [0.5, 0.6) is 5.75 Å². The van der Waals surface area contributed by atoms with Gasteiger partial charge in [-0.15, -0.1) is 6.42 Å². The van der Waals surface area contributed by atoms with Crippen LogP contribution in [0.25, 0.3) is 11.0 Å². The summed E-state index contributed by atoms with van der Waals surface area (Å²) in [6.45, 7) is 2.91. The van der Waals surface area contributed by atoms with Crippen LogP contribution >= 0.6 is 7.75 Å². The van der Waals surface area contributed by atoms with E-state index < -0.39 is 50.4 Å². The first kappa shape index (κ1) is 28.5. The van der Waals surface area contributed by atoms with Crippen molar-refractivity contribution in [3.05, 3.63) is 48.9 Å². The number of aromatic nitrogens is 3. The molecular formula is C25H30N5O8P. The number of anilines is 1. The average Bonchev–Trinajstić information content (AvgIpc) is 3.46. The van der Waals surface area contributed by atoms with Crippen LogP contribution in [0, 0.1) is 18.3 Å². The topological polar surface area (TPSA) is 180 Å². The normalized spacial score (nSPS) is 25.2. The number of fused-ring (bicyclic) bond motifs is 1. The molecule has 5 N–H and O–H groups in total. The van der Waals surface area contributed by atoms with Crippen molar-refractivity contribution in [1.29, 1.82) is 0 Å². The maximum atomic E-state index is 13.9. The van der Waals surface area contributed by atoms with Gasteiger partial charge >= 0.3 is 13.7 Å². The van der Waals surface area contributed by atoms with E-state index >= 15 is 0 Å². The second kappa shape index (κ2) is 11.3. The summed E-state index contributed by atoms with van der Waals surface area (Å²) in [7, 11) is -3.09. The molecule has 1 saturated heterocycles. The Bertz CT molecular complexity index is 1410. The number of nitrogens with two attached hydrogens (primary N) is 1. The molecule has 1 aliphatic heterocycles. The van der Waals surface area contributed by atoms with Gasteiger partial charge in [-0.3, -0.25) is 9.32 Å². The molecule has 3 aromatic rings. The summed E-state index contributed by atoms with van der Waals surface area (Å²) < 4.78 is 37.4. The number of nitrogens with zero attached hydrogens (tertiary/aromatic N) is 3. The van der Waals surface area contributed by atoms with Gasteiger partial charge < -0.3 is 34.5 Å². The summed E-state index contributed by atoms with van der Waals surface area (Å²) in [6, 6.07) is 8.75. The number of methoxy groups -OCH3 is 1. The number of terminal acetylenes is 1. The number of carbonyl (C=O) groups is 1. The van der Waals surface area contributed by atoms with Crippen LogP contribution in [-0.2, 0) is 23.4 Å². The Kier molecular flexibility index (Phi) is 8.27. The molecule has 0 amide bonds. The molecule has 0 bridgehead atoms. The lowest BCUT2D eigenvalue weighted by Crippen LogP contribution is -2.46. The van der Waals surface area contributed by atoms with E-state index in [0.29, 0.717) is 11.0 Å². The van der Waals surface area contributed by atoms with Gasteiger partial charge in [-0.25, -0.2) is 14.5 Å². The van der Waals surface area contributed by atoms with E-state index in [9.17, 15) is 19.6 Å². The molecule has 0 radical (unpaired) electrons. The highest BCUT2D eigenvalue weighted by molar-refractivity contribution is 7.52. The minimum atomic E-state index is -4.29. The Hall–Kier alpha value is -3.50. The maximum Gasteiger partial charge on any atom is 0.459 e. The zero-order chi connectivity index (χ0) is 28.4. The highest BCUT2D eigenvalue weighted by Gasteiger charge is 2.56. The number of hydrogen-bond donors (Lipinski definition) is 4. The molecular weight excluding hydrogens is 529 g/mol. The van der Waals surface area contributed by atoms with Gasteiger partial charge in [-0.05, 0) is 24.1 Å². The fourth-order valence-corrected chi connectivity index (χ4v) is 5.84. The third kappa shape index (κ3) is 5.62. The summed E-state index contributed by atoms with van der Waals surface area (Å²) in [4.78, 5) is 20.5. The van der Waals surface area contributed by atoms with Crippen molar-refractivity contribution in [2.24, 2.45) is 5.92 Å². The fourth-order valence-electron chi connectivity index (χ4n) is 4.17. The molecule has 6 atom stereocenters. The van der Waals surface area contributed by atoms with Gasteiger partial charge in [0, 0.05) is 6.20 Å². The lowest BCUT2D eigenvalue weighted by atomic mass is 9.95. The molecule has 14 heteroatoms. The summed E-state index contributed by atoms with van der Waals surface area (Å²) >= 11 is 0. The van der Waals surface area contributed by atoms with Crippen molar-refractivity contribution in [2.45, 2.75) is 43.9 Å². The van der Waals surface area contributed by atoms with Crippen molar-refractivity contribution in [1.82, 2.24) is 19.6 Å². The minimum absolute atomic E-state index is 0.197. The van der Waals surface area contributed by atoms with Crippen molar-refractivity contribution >= 4 is 30.6 Å². The van der Waals surface area contributed by atoms with Gasteiger partial charge in [-0.2, -0.15) is 5.09 Å². The van der Waals surface area contributed by atoms with Crippen molar-refractivity contribution < 1.29 is 38.1 Å². The molecule has 13 nitrogen and oxygen atoms in total. The number of ether oxygens (including phenoxy) is 2. The van der Waals surface area contributed by atoms with Gasteiger partial charge in [0.15, 0.2) is 11.8 Å². The zero-order valence-corrected chi connectivity index (χ0v) is 22.4. The monoisotopic (exact) mass is 559 g/mol. The second-order valence-corrected chi connectivity index (χ2v) is 10.9. The van der Waals surface area contributed by atoms with E-state index in [0.717, 1.165) is 0 Å². The number of aliphatic hydroxyl groups excluding tert-OH is 1. The number of hydrogen-bond acceptors (Lipinski definition) is 11. The molecule has 39 heavy (non-hydrogen) atoms. The van der Waals surface area contributed by atoms with E-state index in [1.165, 1.54) is 24.2 Å². The van der Waals surface area contributed by atoms with Crippen LogP contribution in [0.2, 0.25) is 0 Å². The number of carbonyl (C=O) groups excluding carboxylic acids is 1. The lowest BCUT2D eigenvalue weighted by molar-refractivity contribution is -0.143. The molecule has 1 fully saturated rings. The van der Waals surface area contributed by atoms with E-state index in [2.05, 4.69) is 21.0 Å². The summed E-state index contributed by atoms with van der Waals surface area (Å²) in [5, 5.41) is 25.4. The molecule has 4 rings (SSSR count). The number of nitrogen functional groups attached to an aromatic ring is 1. The Morgan fingerprint density at radius 3 is 2.69 bits per heavy atom. The highest BCUT2D eigenvalue weighted by atomic mass is 31.2. The number of esters is 1. The molecule has 208 valence electrons. The maximum absolute atomic E-state index is 13.9. The van der Waals surface area contributed by atoms with Crippen LogP contribution in [0.1, 0.15) is 20.1 Å². The first-order valence-corrected chi connectivity index (χ1v) is 13.5. The Balaban J connectivity index is 1.61. The second-order valence-electron chi connectivity index (χ2n) is 9.23. The molecule has 0 saturated carbocycles. The quantitative estimate of drug-likeness (QED) is 0.160. The summed E-state index contributed by atoms with van der Waals surface area (Å²) in [6.07, 6.45) is 4.16. The molecule has 0 aliphatic carbocycles. The Morgan fingerprint density at radius 1 is 1.33 bits per heavy atom. The van der Waals surface area contributed by atoms with Crippen molar-refractivity contribution in [3.63, 3.8) is 0 Å². The summed E-state index contributed by atoms with van der Waals surface area (Å²) in [5.41, 5.74) is 4.01. The van der Waals surface area contributed by atoms with Crippen LogP contribution in [0.4, 0.5) is 5.82 Å². The van der Waals surface area contributed by atoms with Gasteiger partial charge in [0.2, 0.25) is 0 Å². The van der Waals surface area contributed by atoms with E-state index in [1.54, 1.807) is 50.2 Å². The van der Waals surface area contributed by atoms with E-state index in [1.807, 2.05) is 0 Å². The standard InChI is InChI=1S/C25H30N5O8P/c1-5-25(33)20(31)18(37-24(25)30-12-11-17-21(26)27-14-28-22(17)30)13-36-39(34,38-16-9-7-6-8-10-16)29-19(15(2)3)23(32)35-4/h1,6-12,14-15,18-20,24,31,33H,13H2,2-4H3,(H,29,34)(H2,26,27,28)/t18-,19-,20-,24-,25-,39?/m1/s1. The SMILES string of the molecule is C#C[C@@]1(O)[C@H](O)[C@@H](COP(=O)(N[C@@H](C(=O)OC)C(C)C)Oc2ccccc2)O[C@H]1n1ccc2c(N)ncnc21. The fraction of sp³-hybridized carbons (Fsp3) is 0.400. The third-order valence-electron chi connectivity index (χ3n) is 6.30. The third-order valence-corrected chi connectivity index (χ3v) is 7.84. The Labute approximate surface area is 224 Å². The van der Waals surface area contributed by atoms with Crippen LogP contribution in [-0.4, -0.2) is 68.3 Å². The van der Waals surface area contributed by atoms with Crippen molar-refractivity contribution in [3.8, 4) is 18.1 Å². The number of para-hydroxylation sites is 1. The molecule has 0 spiro atoms. The van der Waals surface area contributed by atoms with E-state index in [-0.39, 0.29) is 17.5 Å². The first-order chi connectivity index (χ1) is 18.5. The largest absolute Gasteiger partial charge is 0.468 e. The molecule has 2 aromatic heterocycles. The first-order valence-electron chi connectivity index (χ1n) is 12.0. The minimum Gasteiger partial charge on any atom is -0.468 e. The van der Waals surface area contributed by atoms with Gasteiger partial charge in [0.1, 0.15) is 41.8 Å². The number of benzene rings is 1. The van der Waals surface area contributed by atoms with Gasteiger partial charge in [0.25, 0.3) is 0 Å². The molecule has 1 unspecified atom stereocenters. The van der Waals surface area contributed by atoms with Crippen LogP contribution in [0.15, 0.2) is 48.9 Å². The number of rotatable bonds is 10. The predicted octanol–water partition coefficient (Wildman–Crippen LogP) is 1.63. The average molecular weight is 560 g/mol. The number of aliphatic hydroxyl groups is 2.